The molecule has 0 radical (unpaired) electrons. The third-order valence-electron chi connectivity index (χ3n) is 4.38. The standard InChI is InChI=1S/C17H28N4O/c1-14-4-5-16(18)10-15(14)11-20-7-9-21(8-6-19(2)3)17(12-20)13-22/h4-5,10,13,17H,6-9,11-12,18H2,1-3H3. The van der Waals surface area contributed by atoms with E-state index in [0.717, 1.165) is 51.2 Å². The molecular weight excluding hydrogens is 276 g/mol. The zero-order chi connectivity index (χ0) is 16.1. The van der Waals surface area contributed by atoms with E-state index >= 15 is 0 Å². The minimum absolute atomic E-state index is 0.00457. The summed E-state index contributed by atoms with van der Waals surface area (Å²) < 4.78 is 0. The summed E-state index contributed by atoms with van der Waals surface area (Å²) in [5, 5.41) is 0. The number of nitrogens with zero attached hydrogens (tertiary/aromatic N) is 3. The van der Waals surface area contributed by atoms with E-state index in [9.17, 15) is 4.79 Å². The molecule has 2 N–H and O–H groups in total. The average molecular weight is 304 g/mol. The monoisotopic (exact) mass is 304 g/mol. The predicted molar refractivity (Wildman–Crippen MR) is 90.8 cm³/mol. The zero-order valence-corrected chi connectivity index (χ0v) is 14.0. The number of carbonyl (C=O) groups is 1. The van der Waals surface area contributed by atoms with Crippen LogP contribution in [0.25, 0.3) is 0 Å². The number of nitrogens with two attached hydrogens (primary N) is 1. The molecule has 1 aromatic rings. The van der Waals surface area contributed by atoms with Crippen molar-refractivity contribution in [3.63, 3.8) is 0 Å². The summed E-state index contributed by atoms with van der Waals surface area (Å²) >= 11 is 0. The molecule has 0 amide bonds. The third kappa shape index (κ3) is 4.53. The smallest absolute Gasteiger partial charge is 0.138 e. The van der Waals surface area contributed by atoms with Gasteiger partial charge in [-0.05, 0) is 44.3 Å². The van der Waals surface area contributed by atoms with Crippen LogP contribution in [-0.2, 0) is 11.3 Å². The summed E-state index contributed by atoms with van der Waals surface area (Å²) in [7, 11) is 4.13. The number of aryl methyl sites for hydroxylation is 1. The SMILES string of the molecule is Cc1ccc(N)cc1CN1CCN(CCN(C)C)C(C=O)C1. The van der Waals surface area contributed by atoms with Gasteiger partial charge in [0.15, 0.2) is 0 Å². The molecule has 2 rings (SSSR count). The molecule has 1 fully saturated rings. The minimum Gasteiger partial charge on any atom is -0.399 e. The van der Waals surface area contributed by atoms with Crippen LogP contribution in [0.4, 0.5) is 5.69 Å². The molecule has 1 saturated heterocycles. The first-order valence-electron chi connectivity index (χ1n) is 7.91. The van der Waals surface area contributed by atoms with Crippen molar-refractivity contribution in [2.45, 2.75) is 19.5 Å². The van der Waals surface area contributed by atoms with Gasteiger partial charge in [-0.2, -0.15) is 0 Å². The highest BCUT2D eigenvalue weighted by molar-refractivity contribution is 5.58. The summed E-state index contributed by atoms with van der Waals surface area (Å²) in [6.07, 6.45) is 1.09. The normalized spacial score (nSPS) is 20.5. The third-order valence-corrected chi connectivity index (χ3v) is 4.38. The molecule has 1 atom stereocenters. The van der Waals surface area contributed by atoms with Crippen LogP contribution < -0.4 is 5.73 Å². The van der Waals surface area contributed by atoms with Gasteiger partial charge in [0.05, 0.1) is 6.04 Å². The predicted octanol–water partition coefficient (Wildman–Crippen LogP) is 0.824. The van der Waals surface area contributed by atoms with Gasteiger partial charge in [-0.25, -0.2) is 0 Å². The second-order valence-electron chi connectivity index (χ2n) is 6.46. The molecule has 22 heavy (non-hydrogen) atoms. The Hall–Kier alpha value is -1.43. The number of hydrogen-bond acceptors (Lipinski definition) is 5. The fourth-order valence-corrected chi connectivity index (χ4v) is 2.89. The van der Waals surface area contributed by atoms with Crippen molar-refractivity contribution < 1.29 is 4.79 Å². The van der Waals surface area contributed by atoms with Gasteiger partial charge in [-0.1, -0.05) is 6.07 Å². The van der Waals surface area contributed by atoms with Crippen molar-refractivity contribution >= 4 is 12.0 Å². The Kier molecular flexibility index (Phi) is 5.94. The van der Waals surface area contributed by atoms with Gasteiger partial charge in [0.25, 0.3) is 0 Å². The van der Waals surface area contributed by atoms with Crippen molar-refractivity contribution in [2.24, 2.45) is 0 Å². The molecule has 0 bridgehead atoms. The molecule has 1 unspecified atom stereocenters. The molecule has 1 aromatic carbocycles. The van der Waals surface area contributed by atoms with Gasteiger partial charge >= 0.3 is 0 Å². The summed E-state index contributed by atoms with van der Waals surface area (Å²) in [4.78, 5) is 18.2. The van der Waals surface area contributed by atoms with Crippen molar-refractivity contribution in [3.8, 4) is 0 Å². The van der Waals surface area contributed by atoms with Gasteiger partial charge in [0.2, 0.25) is 0 Å². The highest BCUT2D eigenvalue weighted by atomic mass is 16.1. The molecule has 0 aromatic heterocycles. The van der Waals surface area contributed by atoms with Crippen LogP contribution >= 0.6 is 0 Å². The van der Waals surface area contributed by atoms with E-state index in [4.69, 9.17) is 5.73 Å². The molecule has 0 spiro atoms. The van der Waals surface area contributed by atoms with E-state index in [0.29, 0.717) is 0 Å². The molecule has 1 aliphatic heterocycles. The maximum absolute atomic E-state index is 11.4. The number of rotatable bonds is 6. The van der Waals surface area contributed by atoms with Crippen LogP contribution in [0.1, 0.15) is 11.1 Å². The fraction of sp³-hybridized carbons (Fsp3) is 0.588. The Morgan fingerprint density at radius 3 is 2.82 bits per heavy atom. The molecule has 0 aliphatic carbocycles. The Morgan fingerprint density at radius 1 is 1.36 bits per heavy atom. The quantitative estimate of drug-likeness (QED) is 0.623. The number of carbonyl (C=O) groups excluding carboxylic acids is 1. The largest absolute Gasteiger partial charge is 0.399 e. The van der Waals surface area contributed by atoms with E-state index in [1.807, 2.05) is 12.1 Å². The summed E-state index contributed by atoms with van der Waals surface area (Å²) in [5.41, 5.74) is 9.20. The molecule has 5 nitrogen and oxygen atoms in total. The Bertz CT molecular complexity index is 503. The zero-order valence-electron chi connectivity index (χ0n) is 14.0. The van der Waals surface area contributed by atoms with Crippen LogP contribution in [0.3, 0.4) is 0 Å². The Morgan fingerprint density at radius 2 is 2.14 bits per heavy atom. The molecule has 1 aliphatic rings. The van der Waals surface area contributed by atoms with Crippen LogP contribution in [0.2, 0.25) is 0 Å². The van der Waals surface area contributed by atoms with E-state index in [1.54, 1.807) is 0 Å². The summed E-state index contributed by atoms with van der Waals surface area (Å²) in [6.45, 7) is 7.64. The van der Waals surface area contributed by atoms with E-state index in [2.05, 4.69) is 41.8 Å². The van der Waals surface area contributed by atoms with Crippen LogP contribution in [0.5, 0.6) is 0 Å². The number of hydrogen-bond donors (Lipinski definition) is 1. The van der Waals surface area contributed by atoms with Crippen LogP contribution in [-0.4, -0.2) is 73.8 Å². The lowest BCUT2D eigenvalue weighted by atomic mass is 10.1. The molecule has 1 heterocycles. The number of nitrogen functional groups attached to an aromatic ring is 1. The van der Waals surface area contributed by atoms with Crippen molar-refractivity contribution in [1.29, 1.82) is 0 Å². The first kappa shape index (κ1) is 16.9. The van der Waals surface area contributed by atoms with Gasteiger partial charge < -0.3 is 15.4 Å². The minimum atomic E-state index is -0.00457. The Labute approximate surface area is 133 Å². The second kappa shape index (κ2) is 7.72. The van der Waals surface area contributed by atoms with E-state index in [-0.39, 0.29) is 6.04 Å². The van der Waals surface area contributed by atoms with Crippen LogP contribution in [0, 0.1) is 6.92 Å². The van der Waals surface area contributed by atoms with Crippen LogP contribution in [0.15, 0.2) is 18.2 Å². The van der Waals surface area contributed by atoms with Crippen molar-refractivity contribution in [3.05, 3.63) is 29.3 Å². The van der Waals surface area contributed by atoms with Gasteiger partial charge in [-0.15, -0.1) is 0 Å². The van der Waals surface area contributed by atoms with Gasteiger partial charge in [0, 0.05) is 45.0 Å². The van der Waals surface area contributed by atoms with Gasteiger partial charge in [-0.3, -0.25) is 9.80 Å². The maximum atomic E-state index is 11.4. The highest BCUT2D eigenvalue weighted by Crippen LogP contribution is 2.17. The van der Waals surface area contributed by atoms with E-state index < -0.39 is 0 Å². The summed E-state index contributed by atoms with van der Waals surface area (Å²) in [5.74, 6) is 0. The first-order chi connectivity index (χ1) is 10.5. The average Bonchev–Trinajstić information content (AvgIpc) is 2.49. The van der Waals surface area contributed by atoms with Crippen molar-refractivity contribution in [1.82, 2.24) is 14.7 Å². The maximum Gasteiger partial charge on any atom is 0.138 e. The van der Waals surface area contributed by atoms with E-state index in [1.165, 1.54) is 11.1 Å². The Balaban J connectivity index is 1.95. The number of aldehydes is 1. The molecular formula is C17H28N4O. The summed E-state index contributed by atoms with van der Waals surface area (Å²) in [6, 6.07) is 6.04. The number of anilines is 1. The molecule has 5 heteroatoms. The fourth-order valence-electron chi connectivity index (χ4n) is 2.89. The van der Waals surface area contributed by atoms with Gasteiger partial charge in [0.1, 0.15) is 6.29 Å². The number of piperazine rings is 1. The van der Waals surface area contributed by atoms with Crippen molar-refractivity contribution in [2.75, 3.05) is 52.6 Å². The topological polar surface area (TPSA) is 52.8 Å². The second-order valence-corrected chi connectivity index (χ2v) is 6.46. The molecule has 0 saturated carbocycles. The molecule has 122 valence electrons. The first-order valence-corrected chi connectivity index (χ1v) is 7.91. The lowest BCUT2D eigenvalue weighted by Crippen LogP contribution is -2.54. The lowest BCUT2D eigenvalue weighted by molar-refractivity contribution is -0.114. The lowest BCUT2D eigenvalue weighted by Gasteiger charge is -2.39. The number of benzene rings is 1. The number of likely N-dealkylation sites (N-methyl/N-ethyl adjacent to an activating group) is 1. The highest BCUT2D eigenvalue weighted by Gasteiger charge is 2.26.